The molecule has 0 unspecified atom stereocenters. The normalized spacial score (nSPS) is 22.3. The van der Waals surface area contributed by atoms with Crippen LogP contribution in [0.3, 0.4) is 0 Å². The Kier molecular flexibility index (Phi) is 4.94. The number of hydrogen-bond acceptors (Lipinski definition) is 2. The van der Waals surface area contributed by atoms with Crippen LogP contribution in [0.15, 0.2) is 59.8 Å². The summed E-state index contributed by atoms with van der Waals surface area (Å²) < 4.78 is 0. The van der Waals surface area contributed by atoms with Gasteiger partial charge < -0.3 is 5.32 Å². The number of Topliss-reactive ketones (excluding diaryl/α,β-unsaturated/α-hetero) is 1. The molecule has 1 aliphatic carbocycles. The van der Waals surface area contributed by atoms with Crippen molar-refractivity contribution in [3.8, 4) is 0 Å². The van der Waals surface area contributed by atoms with Crippen LogP contribution in [-0.2, 0) is 15.0 Å². The topological polar surface area (TPSA) is 46.2 Å². The molecular formula is C26H29NO2. The molecule has 0 fully saturated rings. The molecule has 0 radical (unpaired) electrons. The van der Waals surface area contributed by atoms with Crippen LogP contribution in [-0.4, -0.2) is 11.7 Å². The Morgan fingerprint density at radius 3 is 2.07 bits per heavy atom. The molecule has 1 heterocycles. The second kappa shape index (κ2) is 7.29. The molecule has 1 aliphatic heterocycles. The van der Waals surface area contributed by atoms with Gasteiger partial charge in [-0.3, -0.25) is 9.59 Å². The minimum absolute atomic E-state index is 0.00542. The van der Waals surface area contributed by atoms with Crippen LogP contribution in [0, 0.1) is 6.92 Å². The van der Waals surface area contributed by atoms with E-state index in [4.69, 9.17) is 0 Å². The zero-order chi connectivity index (χ0) is 20.8. The summed E-state index contributed by atoms with van der Waals surface area (Å²) in [5, 5.41) is 3.02. The van der Waals surface area contributed by atoms with Crippen molar-refractivity contribution in [2.24, 2.45) is 0 Å². The second-order valence-electron chi connectivity index (χ2n) is 9.51. The zero-order valence-corrected chi connectivity index (χ0v) is 17.7. The number of carbonyl (C=O) groups excluding carboxylic acids is 2. The zero-order valence-electron chi connectivity index (χ0n) is 17.7. The second-order valence-corrected chi connectivity index (χ2v) is 9.51. The largest absolute Gasteiger partial charge is 0.329 e. The summed E-state index contributed by atoms with van der Waals surface area (Å²) in [7, 11) is 0. The smallest absolute Gasteiger partial charge is 0.225 e. The number of benzene rings is 2. The van der Waals surface area contributed by atoms with Gasteiger partial charge in [0.15, 0.2) is 5.78 Å². The fourth-order valence-corrected chi connectivity index (χ4v) is 4.53. The average Bonchev–Trinajstić information content (AvgIpc) is 2.67. The molecule has 0 bridgehead atoms. The summed E-state index contributed by atoms with van der Waals surface area (Å²) in [5.41, 5.74) is 6.44. The molecule has 0 saturated carbocycles. The third-order valence-electron chi connectivity index (χ3n) is 6.26. The molecule has 3 nitrogen and oxygen atoms in total. The Bertz CT molecular complexity index is 975. The first-order valence-electron chi connectivity index (χ1n) is 10.5. The molecule has 0 spiro atoms. The van der Waals surface area contributed by atoms with Gasteiger partial charge in [-0.2, -0.15) is 0 Å². The van der Waals surface area contributed by atoms with Crippen LogP contribution < -0.4 is 5.32 Å². The fourth-order valence-electron chi connectivity index (χ4n) is 4.53. The molecule has 3 heteroatoms. The van der Waals surface area contributed by atoms with Gasteiger partial charge in [0.1, 0.15) is 0 Å². The summed E-state index contributed by atoms with van der Waals surface area (Å²) >= 11 is 0. The van der Waals surface area contributed by atoms with E-state index in [0.29, 0.717) is 19.3 Å². The predicted molar refractivity (Wildman–Crippen MR) is 116 cm³/mol. The monoisotopic (exact) mass is 387 g/mol. The van der Waals surface area contributed by atoms with Gasteiger partial charge in [0.05, 0.1) is 0 Å². The number of rotatable bonds is 2. The number of nitrogens with one attached hydrogen (secondary N) is 1. The maximum absolute atomic E-state index is 13.2. The standard InChI is InChI=1S/C26H29NO2/c1-16-5-7-18(8-6-16)21-15-24(29)27-22-13-19(14-23(28)25(21)22)17-9-11-20(12-10-17)26(2,3)4/h5-12,19,21H,13-15H2,1-4H3,(H,27,29)/t19-,21+/m0/s1. The van der Waals surface area contributed by atoms with Crippen molar-refractivity contribution in [3.05, 3.63) is 82.1 Å². The van der Waals surface area contributed by atoms with Crippen molar-refractivity contribution in [2.75, 3.05) is 0 Å². The first-order valence-corrected chi connectivity index (χ1v) is 10.5. The van der Waals surface area contributed by atoms with E-state index in [1.54, 1.807) is 0 Å². The van der Waals surface area contributed by atoms with Gasteiger partial charge in [0.2, 0.25) is 5.91 Å². The lowest BCUT2D eigenvalue weighted by Gasteiger charge is -2.34. The third kappa shape index (κ3) is 3.91. The average molecular weight is 388 g/mol. The van der Waals surface area contributed by atoms with Crippen LogP contribution in [0.2, 0.25) is 0 Å². The van der Waals surface area contributed by atoms with Gasteiger partial charge >= 0.3 is 0 Å². The number of hydrogen-bond donors (Lipinski definition) is 1. The summed E-state index contributed by atoms with van der Waals surface area (Å²) in [6.45, 7) is 8.65. The Labute approximate surface area is 173 Å². The number of allylic oxidation sites excluding steroid dienone is 2. The SMILES string of the molecule is Cc1ccc([C@H]2CC(=O)NC3=C2C(=O)C[C@@H](c2ccc(C(C)(C)C)cc2)C3)cc1. The van der Waals surface area contributed by atoms with Gasteiger partial charge in [-0.15, -0.1) is 0 Å². The molecule has 4 rings (SSSR count). The van der Waals surface area contributed by atoms with Gasteiger partial charge in [0.25, 0.3) is 0 Å². The summed E-state index contributed by atoms with van der Waals surface area (Å²) in [6, 6.07) is 16.8. The van der Waals surface area contributed by atoms with Gasteiger partial charge in [-0.1, -0.05) is 74.9 Å². The van der Waals surface area contributed by atoms with Crippen LogP contribution in [0.5, 0.6) is 0 Å². The Morgan fingerprint density at radius 2 is 1.45 bits per heavy atom. The predicted octanol–water partition coefficient (Wildman–Crippen LogP) is 5.30. The molecule has 1 amide bonds. The highest BCUT2D eigenvalue weighted by molar-refractivity contribution is 6.02. The van der Waals surface area contributed by atoms with E-state index in [9.17, 15) is 9.59 Å². The summed E-state index contributed by atoms with van der Waals surface area (Å²) in [4.78, 5) is 25.6. The molecule has 2 atom stereocenters. The lowest BCUT2D eigenvalue weighted by Crippen LogP contribution is -2.38. The van der Waals surface area contributed by atoms with Gasteiger partial charge in [0, 0.05) is 30.0 Å². The van der Waals surface area contributed by atoms with E-state index in [1.807, 2.05) is 19.1 Å². The molecule has 2 aliphatic rings. The first-order chi connectivity index (χ1) is 13.7. The molecule has 0 saturated heterocycles. The maximum atomic E-state index is 13.2. The van der Waals surface area contributed by atoms with E-state index in [2.05, 4.69) is 62.5 Å². The quantitative estimate of drug-likeness (QED) is 0.760. The van der Waals surface area contributed by atoms with E-state index in [1.165, 1.54) is 16.7 Å². The van der Waals surface area contributed by atoms with E-state index in [-0.39, 0.29) is 28.9 Å². The van der Waals surface area contributed by atoms with Crippen LogP contribution in [0.1, 0.15) is 74.1 Å². The Hall–Kier alpha value is -2.68. The summed E-state index contributed by atoms with van der Waals surface area (Å²) in [6.07, 6.45) is 1.56. The minimum Gasteiger partial charge on any atom is -0.329 e. The number of ketones is 1. The van der Waals surface area contributed by atoms with Crippen LogP contribution in [0.25, 0.3) is 0 Å². The highest BCUT2D eigenvalue weighted by Gasteiger charge is 2.38. The van der Waals surface area contributed by atoms with E-state index in [0.717, 1.165) is 16.8 Å². The van der Waals surface area contributed by atoms with Crippen molar-refractivity contribution in [3.63, 3.8) is 0 Å². The number of carbonyl (C=O) groups is 2. The summed E-state index contributed by atoms with van der Waals surface area (Å²) in [5.74, 6) is 0.163. The maximum Gasteiger partial charge on any atom is 0.225 e. The minimum atomic E-state index is -0.129. The number of amides is 1. The number of aryl methyl sites for hydroxylation is 1. The highest BCUT2D eigenvalue weighted by Crippen LogP contribution is 2.42. The third-order valence-corrected chi connectivity index (χ3v) is 6.26. The van der Waals surface area contributed by atoms with Gasteiger partial charge in [-0.05, 0) is 41.4 Å². The van der Waals surface area contributed by atoms with Crippen molar-refractivity contribution in [2.45, 2.75) is 64.2 Å². The highest BCUT2D eigenvalue weighted by atomic mass is 16.2. The Morgan fingerprint density at radius 1 is 0.828 bits per heavy atom. The van der Waals surface area contributed by atoms with Crippen molar-refractivity contribution < 1.29 is 9.59 Å². The lowest BCUT2D eigenvalue weighted by molar-refractivity contribution is -0.122. The molecule has 150 valence electrons. The first kappa shape index (κ1) is 19.6. The van der Waals surface area contributed by atoms with Crippen molar-refractivity contribution in [1.29, 1.82) is 0 Å². The lowest BCUT2D eigenvalue weighted by atomic mass is 9.73. The molecule has 29 heavy (non-hydrogen) atoms. The molecule has 2 aromatic rings. The fraction of sp³-hybridized carbons (Fsp3) is 0.385. The van der Waals surface area contributed by atoms with Crippen molar-refractivity contribution in [1.82, 2.24) is 5.32 Å². The molecule has 0 aromatic heterocycles. The van der Waals surface area contributed by atoms with Crippen LogP contribution >= 0.6 is 0 Å². The molecule has 2 aromatic carbocycles. The molecular weight excluding hydrogens is 358 g/mol. The van der Waals surface area contributed by atoms with Gasteiger partial charge in [-0.25, -0.2) is 0 Å². The van der Waals surface area contributed by atoms with Crippen molar-refractivity contribution >= 4 is 11.7 Å². The van der Waals surface area contributed by atoms with E-state index < -0.39 is 0 Å². The molecule has 1 N–H and O–H groups in total. The van der Waals surface area contributed by atoms with Crippen LogP contribution in [0.4, 0.5) is 0 Å². The van der Waals surface area contributed by atoms with E-state index >= 15 is 0 Å². The Balaban J connectivity index is 1.65.